The quantitative estimate of drug-likeness (QED) is 0.0664. The molecule has 3 amide bonds. The van der Waals surface area contributed by atoms with Crippen molar-refractivity contribution in [3.63, 3.8) is 0 Å². The van der Waals surface area contributed by atoms with Crippen LogP contribution >= 0.6 is 30.5 Å². The Morgan fingerprint density at radius 1 is 1.22 bits per heavy atom. The van der Waals surface area contributed by atoms with Crippen LogP contribution in [0.5, 0.6) is 0 Å². The summed E-state index contributed by atoms with van der Waals surface area (Å²) in [6.45, 7) is 13.1. The molecule has 0 spiro atoms. The molecule has 8 nitrogen and oxygen atoms in total. The number of carbonyl (C=O) groups excluding carboxylic acids is 3. The van der Waals surface area contributed by atoms with Crippen LogP contribution in [-0.2, 0) is 14.4 Å². The third-order valence-electron chi connectivity index (χ3n) is 6.89. The molecule has 0 saturated carbocycles. The van der Waals surface area contributed by atoms with E-state index in [4.69, 9.17) is 0 Å². The number of hydrogen-bond donors (Lipinski definition) is 4. The van der Waals surface area contributed by atoms with Gasteiger partial charge in [-0.05, 0) is 0 Å². The SMILES string of the molecule is CC/C=C/CN(C(=O)[C@@H](NC(=O)[C@H]1CCCC[PH]1(C)SC(C)(C)C)C(C)CC)N(C)/C(=C\S)C(=O)NO. The van der Waals surface area contributed by atoms with Gasteiger partial charge in [0.1, 0.15) is 0 Å². The monoisotopic (exact) mass is 576 g/mol. The molecule has 1 fully saturated rings. The van der Waals surface area contributed by atoms with E-state index in [1.54, 1.807) is 12.5 Å². The van der Waals surface area contributed by atoms with Crippen molar-refractivity contribution in [2.45, 2.75) is 90.1 Å². The fourth-order valence-corrected chi connectivity index (χ4v) is 15.5. The molecule has 0 aromatic heterocycles. The Balaban J connectivity index is 3.35. The van der Waals surface area contributed by atoms with Gasteiger partial charge in [-0.25, -0.2) is 0 Å². The number of likely N-dealkylation sites (N-methyl/N-ethyl adjacent to an activating group) is 1. The molecule has 1 heterocycles. The first-order valence-corrected chi connectivity index (χ1v) is 18.1. The van der Waals surface area contributed by atoms with E-state index >= 15 is 0 Å². The Morgan fingerprint density at radius 2 is 1.86 bits per heavy atom. The van der Waals surface area contributed by atoms with Gasteiger partial charge in [0, 0.05) is 0 Å². The zero-order chi connectivity index (χ0) is 28.4. The Labute approximate surface area is 233 Å². The average molecular weight is 577 g/mol. The van der Waals surface area contributed by atoms with Gasteiger partial charge in [0.2, 0.25) is 0 Å². The molecule has 1 aliphatic heterocycles. The topological polar surface area (TPSA) is 102 Å². The van der Waals surface area contributed by atoms with Crippen LogP contribution in [0, 0.1) is 5.92 Å². The molecule has 0 aliphatic carbocycles. The summed E-state index contributed by atoms with van der Waals surface area (Å²) >= 11 is 6.09. The molecular formula is C26H49N4O4PS2. The van der Waals surface area contributed by atoms with Gasteiger partial charge in [-0.3, -0.25) is 0 Å². The van der Waals surface area contributed by atoms with Crippen molar-refractivity contribution in [2.24, 2.45) is 5.92 Å². The van der Waals surface area contributed by atoms with Gasteiger partial charge in [-0.15, -0.1) is 0 Å². The predicted octanol–water partition coefficient (Wildman–Crippen LogP) is 4.81. The Kier molecular flexibility index (Phi) is 14.1. The number of rotatable bonds is 12. The second-order valence-electron chi connectivity index (χ2n) is 11.0. The molecule has 1 rings (SSSR count). The van der Waals surface area contributed by atoms with Crippen molar-refractivity contribution in [1.29, 1.82) is 0 Å². The van der Waals surface area contributed by atoms with Crippen LogP contribution in [0.25, 0.3) is 0 Å². The van der Waals surface area contributed by atoms with Crippen LogP contribution in [0.3, 0.4) is 0 Å². The number of nitrogens with one attached hydrogen (secondary N) is 2. The van der Waals surface area contributed by atoms with Crippen LogP contribution in [-0.4, -0.2) is 75.8 Å². The van der Waals surface area contributed by atoms with Crippen LogP contribution in [0.4, 0.5) is 0 Å². The number of hydrogen-bond acceptors (Lipinski definition) is 7. The van der Waals surface area contributed by atoms with Gasteiger partial charge in [0.05, 0.1) is 0 Å². The number of allylic oxidation sites excluding steroid dienone is 1. The molecule has 3 atom stereocenters. The Morgan fingerprint density at radius 3 is 2.38 bits per heavy atom. The number of nitrogens with zero attached hydrogens (tertiary/aromatic N) is 2. The minimum atomic E-state index is -1.97. The van der Waals surface area contributed by atoms with Gasteiger partial charge in [0.25, 0.3) is 0 Å². The molecule has 1 aliphatic rings. The third kappa shape index (κ3) is 9.79. The number of amides is 3. The molecule has 0 aromatic carbocycles. The van der Waals surface area contributed by atoms with E-state index in [0.717, 1.165) is 31.8 Å². The summed E-state index contributed by atoms with van der Waals surface area (Å²) in [4.78, 5) is 40.1. The molecule has 0 aromatic rings. The van der Waals surface area contributed by atoms with E-state index in [-0.39, 0.29) is 40.4 Å². The first-order valence-electron chi connectivity index (χ1n) is 13.3. The van der Waals surface area contributed by atoms with Gasteiger partial charge in [0.15, 0.2) is 0 Å². The van der Waals surface area contributed by atoms with Crippen LogP contribution in [0.1, 0.15) is 73.6 Å². The van der Waals surface area contributed by atoms with E-state index in [1.807, 2.05) is 44.3 Å². The third-order valence-corrected chi connectivity index (χ3v) is 16.3. The fourth-order valence-electron chi connectivity index (χ4n) is 4.81. The normalized spacial score (nSPS) is 20.6. The number of hydrazine groups is 1. The first kappa shape index (κ1) is 33.8. The summed E-state index contributed by atoms with van der Waals surface area (Å²) in [5, 5.41) is 16.4. The molecular weight excluding hydrogens is 527 g/mol. The second-order valence-corrected chi connectivity index (χ2v) is 19.9. The van der Waals surface area contributed by atoms with Crippen LogP contribution in [0.2, 0.25) is 0 Å². The maximum absolute atomic E-state index is 14.0. The van der Waals surface area contributed by atoms with Gasteiger partial charge >= 0.3 is 234 Å². The summed E-state index contributed by atoms with van der Waals surface area (Å²) in [7, 11) is 1.57. The van der Waals surface area contributed by atoms with E-state index in [0.29, 0.717) is 6.42 Å². The van der Waals surface area contributed by atoms with E-state index < -0.39 is 18.4 Å². The average Bonchev–Trinajstić information content (AvgIpc) is 2.83. The van der Waals surface area contributed by atoms with Crippen LogP contribution < -0.4 is 10.8 Å². The van der Waals surface area contributed by atoms with Crippen molar-refractivity contribution in [3.05, 3.63) is 23.3 Å². The molecule has 0 bridgehead atoms. The van der Waals surface area contributed by atoms with E-state index in [2.05, 4.69) is 45.4 Å². The molecule has 3 N–H and O–H groups in total. The maximum atomic E-state index is 14.0. The molecule has 37 heavy (non-hydrogen) atoms. The summed E-state index contributed by atoms with van der Waals surface area (Å²) in [5.74, 6) is -1.26. The summed E-state index contributed by atoms with van der Waals surface area (Å²) < 4.78 is 0.0662. The summed E-state index contributed by atoms with van der Waals surface area (Å²) in [6, 6.07) is -0.756. The first-order chi connectivity index (χ1) is 17.3. The zero-order valence-electron chi connectivity index (χ0n) is 23.8. The number of hydroxylamine groups is 1. The zero-order valence-corrected chi connectivity index (χ0v) is 26.5. The number of carbonyl (C=O) groups is 3. The summed E-state index contributed by atoms with van der Waals surface area (Å²) in [5.41, 5.74) is 1.53. The second kappa shape index (κ2) is 15.4. The van der Waals surface area contributed by atoms with Gasteiger partial charge in [-0.2, -0.15) is 0 Å². The van der Waals surface area contributed by atoms with Gasteiger partial charge < -0.3 is 0 Å². The summed E-state index contributed by atoms with van der Waals surface area (Å²) in [6.07, 6.45) is 9.39. The molecule has 1 unspecified atom stereocenters. The minimum absolute atomic E-state index is 0.00727. The van der Waals surface area contributed by atoms with Crippen molar-refractivity contribution < 1.29 is 19.6 Å². The molecule has 214 valence electrons. The standard InChI is InChI=1S/C26H49N4O4PS2/c1-9-11-13-16-30(29(7)20(18-36)23(31)28-34)25(33)22(19(3)10-2)27-24(32)21-15-12-14-17-35(21,8)37-26(4,5)6/h11,13,18-19,21-22,34-36H,9-10,12,14-17H2,1-8H3,(H,27,32)(H,28,31)/b13-11+,20-18-/t19?,21-,22+/m1/s1. The van der Waals surface area contributed by atoms with Crippen molar-refractivity contribution >= 4 is 48.2 Å². The van der Waals surface area contributed by atoms with Crippen molar-refractivity contribution in [1.82, 2.24) is 20.8 Å². The predicted molar refractivity (Wildman–Crippen MR) is 161 cm³/mol. The molecule has 1 saturated heterocycles. The van der Waals surface area contributed by atoms with E-state index in [1.165, 1.54) is 15.4 Å². The Hall–Kier alpha value is -1.22. The van der Waals surface area contributed by atoms with Gasteiger partial charge in [-0.1, -0.05) is 0 Å². The Bertz CT molecular complexity index is 849. The van der Waals surface area contributed by atoms with E-state index in [9.17, 15) is 19.6 Å². The van der Waals surface area contributed by atoms with Crippen molar-refractivity contribution in [2.75, 3.05) is 26.4 Å². The molecule has 0 radical (unpaired) electrons. The van der Waals surface area contributed by atoms with Crippen molar-refractivity contribution in [3.8, 4) is 0 Å². The number of thiol groups is 1. The fraction of sp³-hybridized carbons (Fsp3) is 0.731. The molecule has 11 heteroatoms. The van der Waals surface area contributed by atoms with Crippen LogP contribution in [0.15, 0.2) is 23.3 Å².